The lowest BCUT2D eigenvalue weighted by atomic mass is 10.1. The largest absolute Gasteiger partial charge is 0.486 e. The minimum atomic E-state index is -0.558. The maximum Gasteiger partial charge on any atom is 0.216 e. The molecule has 0 spiro atoms. The van der Waals surface area contributed by atoms with Crippen LogP contribution in [-0.2, 0) is 6.61 Å². The number of hydrogen-bond acceptors (Lipinski definition) is 3. The van der Waals surface area contributed by atoms with Crippen molar-refractivity contribution < 1.29 is 9.13 Å². The van der Waals surface area contributed by atoms with Gasteiger partial charge in [-0.2, -0.15) is 4.39 Å². The van der Waals surface area contributed by atoms with Crippen molar-refractivity contribution in [3.63, 3.8) is 0 Å². The lowest BCUT2D eigenvalue weighted by Gasteiger charge is -2.07. The molecule has 0 aliphatic rings. The van der Waals surface area contributed by atoms with Crippen LogP contribution in [-0.4, -0.2) is 9.97 Å². The molecule has 0 atom stereocenters. The molecule has 3 nitrogen and oxygen atoms in total. The van der Waals surface area contributed by atoms with E-state index in [1.54, 1.807) is 0 Å². The van der Waals surface area contributed by atoms with E-state index in [4.69, 9.17) is 4.74 Å². The van der Waals surface area contributed by atoms with Gasteiger partial charge < -0.3 is 4.74 Å². The van der Waals surface area contributed by atoms with E-state index < -0.39 is 5.95 Å². The summed E-state index contributed by atoms with van der Waals surface area (Å²) in [6.07, 6.45) is 0. The van der Waals surface area contributed by atoms with E-state index in [1.807, 2.05) is 61.5 Å². The summed E-state index contributed by atoms with van der Waals surface area (Å²) in [6.45, 7) is 2.13. The Morgan fingerprint density at radius 1 is 0.955 bits per heavy atom. The van der Waals surface area contributed by atoms with Crippen LogP contribution in [0.25, 0.3) is 11.3 Å². The molecule has 0 radical (unpaired) electrons. The van der Waals surface area contributed by atoms with Crippen molar-refractivity contribution in [3.05, 3.63) is 78.0 Å². The van der Waals surface area contributed by atoms with Gasteiger partial charge in [-0.25, -0.2) is 9.97 Å². The molecular formula is C18H15FN2O. The van der Waals surface area contributed by atoms with Crippen molar-refractivity contribution in [3.8, 4) is 17.0 Å². The third-order valence-corrected chi connectivity index (χ3v) is 3.20. The van der Waals surface area contributed by atoms with Gasteiger partial charge in [0.15, 0.2) is 5.82 Å². The summed E-state index contributed by atoms with van der Waals surface area (Å²) in [7, 11) is 0. The Hall–Kier alpha value is -2.75. The number of hydrogen-bond donors (Lipinski definition) is 0. The molecule has 110 valence electrons. The summed E-state index contributed by atoms with van der Waals surface area (Å²) in [6, 6.07) is 18.4. The standard InChI is InChI=1S/C18H15FN2O/c1-13-7-9-14(10-8-13)16-11-17(19)21-18(20-16)12-22-15-5-3-2-4-6-15/h2-11H,12H2,1H3. The maximum atomic E-state index is 13.7. The molecule has 0 amide bonds. The van der Waals surface area contributed by atoms with Crippen LogP contribution < -0.4 is 4.74 Å². The van der Waals surface area contributed by atoms with Gasteiger partial charge in [-0.1, -0.05) is 48.0 Å². The minimum Gasteiger partial charge on any atom is -0.486 e. The summed E-state index contributed by atoms with van der Waals surface area (Å²) in [4.78, 5) is 8.16. The second kappa shape index (κ2) is 6.35. The van der Waals surface area contributed by atoms with Crippen molar-refractivity contribution in [1.82, 2.24) is 9.97 Å². The first-order valence-electron chi connectivity index (χ1n) is 6.99. The summed E-state index contributed by atoms with van der Waals surface area (Å²) in [5.74, 6) is 0.462. The van der Waals surface area contributed by atoms with Gasteiger partial charge in [-0.15, -0.1) is 0 Å². The number of aromatic nitrogens is 2. The van der Waals surface area contributed by atoms with Gasteiger partial charge in [0.25, 0.3) is 0 Å². The van der Waals surface area contributed by atoms with Crippen molar-refractivity contribution in [2.24, 2.45) is 0 Å². The third kappa shape index (κ3) is 3.47. The quantitative estimate of drug-likeness (QED) is 0.677. The van der Waals surface area contributed by atoms with E-state index in [-0.39, 0.29) is 6.61 Å². The molecule has 3 rings (SSSR count). The number of aryl methyl sites for hydroxylation is 1. The van der Waals surface area contributed by atoms with Crippen LogP contribution >= 0.6 is 0 Å². The van der Waals surface area contributed by atoms with Crippen LogP contribution in [0.2, 0.25) is 0 Å². The maximum absolute atomic E-state index is 13.7. The zero-order valence-corrected chi connectivity index (χ0v) is 12.2. The first kappa shape index (κ1) is 14.2. The molecule has 0 aliphatic heterocycles. The fourth-order valence-electron chi connectivity index (χ4n) is 2.07. The topological polar surface area (TPSA) is 35.0 Å². The molecule has 0 fully saturated rings. The molecule has 2 aromatic carbocycles. The van der Waals surface area contributed by atoms with E-state index in [1.165, 1.54) is 6.07 Å². The molecule has 3 aromatic rings. The Morgan fingerprint density at radius 3 is 2.41 bits per heavy atom. The van der Waals surface area contributed by atoms with E-state index in [0.717, 1.165) is 11.1 Å². The molecule has 22 heavy (non-hydrogen) atoms. The number of ether oxygens (including phenoxy) is 1. The molecule has 0 saturated carbocycles. The summed E-state index contributed by atoms with van der Waals surface area (Å²) in [5, 5.41) is 0. The highest BCUT2D eigenvalue weighted by Crippen LogP contribution is 2.19. The molecule has 0 saturated heterocycles. The Bertz CT molecular complexity index is 758. The highest BCUT2D eigenvalue weighted by Gasteiger charge is 2.07. The van der Waals surface area contributed by atoms with Crippen molar-refractivity contribution in [2.75, 3.05) is 0 Å². The molecule has 0 aliphatic carbocycles. The van der Waals surface area contributed by atoms with E-state index >= 15 is 0 Å². The monoisotopic (exact) mass is 294 g/mol. The van der Waals surface area contributed by atoms with Crippen LogP contribution in [0.4, 0.5) is 4.39 Å². The van der Waals surface area contributed by atoms with Crippen molar-refractivity contribution in [1.29, 1.82) is 0 Å². The first-order chi connectivity index (χ1) is 10.7. The third-order valence-electron chi connectivity index (χ3n) is 3.20. The summed E-state index contributed by atoms with van der Waals surface area (Å²) >= 11 is 0. The molecule has 0 bridgehead atoms. The van der Waals surface area contributed by atoms with Gasteiger partial charge >= 0.3 is 0 Å². The average molecular weight is 294 g/mol. The predicted octanol–water partition coefficient (Wildman–Crippen LogP) is 4.17. The van der Waals surface area contributed by atoms with Crippen LogP contribution in [0.5, 0.6) is 5.75 Å². The first-order valence-corrected chi connectivity index (χ1v) is 6.99. The Morgan fingerprint density at radius 2 is 1.68 bits per heavy atom. The second-order valence-electron chi connectivity index (χ2n) is 4.96. The molecule has 1 heterocycles. The Balaban J connectivity index is 1.82. The molecular weight excluding hydrogens is 279 g/mol. The zero-order valence-electron chi connectivity index (χ0n) is 12.2. The Labute approximate surface area is 128 Å². The van der Waals surface area contributed by atoms with E-state index in [0.29, 0.717) is 17.3 Å². The predicted molar refractivity (Wildman–Crippen MR) is 82.9 cm³/mol. The Kier molecular flexibility index (Phi) is 4.10. The van der Waals surface area contributed by atoms with E-state index in [9.17, 15) is 4.39 Å². The number of para-hydroxylation sites is 1. The van der Waals surface area contributed by atoms with Gasteiger partial charge in [0.2, 0.25) is 5.95 Å². The zero-order chi connectivity index (χ0) is 15.4. The van der Waals surface area contributed by atoms with Gasteiger partial charge in [-0.3, -0.25) is 0 Å². The van der Waals surface area contributed by atoms with Crippen molar-refractivity contribution in [2.45, 2.75) is 13.5 Å². The van der Waals surface area contributed by atoms with Crippen LogP contribution in [0.1, 0.15) is 11.4 Å². The van der Waals surface area contributed by atoms with Gasteiger partial charge in [0.05, 0.1) is 5.69 Å². The van der Waals surface area contributed by atoms with Crippen LogP contribution in [0.3, 0.4) is 0 Å². The average Bonchev–Trinajstić information content (AvgIpc) is 2.54. The number of halogens is 1. The van der Waals surface area contributed by atoms with Gasteiger partial charge in [0.1, 0.15) is 12.4 Å². The molecule has 4 heteroatoms. The fourth-order valence-corrected chi connectivity index (χ4v) is 2.07. The highest BCUT2D eigenvalue weighted by atomic mass is 19.1. The number of nitrogens with zero attached hydrogens (tertiary/aromatic N) is 2. The lowest BCUT2D eigenvalue weighted by Crippen LogP contribution is -2.04. The highest BCUT2D eigenvalue weighted by molar-refractivity contribution is 5.59. The van der Waals surface area contributed by atoms with Crippen molar-refractivity contribution >= 4 is 0 Å². The summed E-state index contributed by atoms with van der Waals surface area (Å²) in [5.41, 5.74) is 2.55. The van der Waals surface area contributed by atoms with Gasteiger partial charge in [-0.05, 0) is 19.1 Å². The normalized spacial score (nSPS) is 10.5. The van der Waals surface area contributed by atoms with E-state index in [2.05, 4.69) is 9.97 Å². The molecule has 0 unspecified atom stereocenters. The molecule has 0 N–H and O–H groups in total. The lowest BCUT2D eigenvalue weighted by molar-refractivity contribution is 0.293. The summed E-state index contributed by atoms with van der Waals surface area (Å²) < 4.78 is 19.3. The number of benzene rings is 2. The van der Waals surface area contributed by atoms with Crippen LogP contribution in [0, 0.1) is 12.9 Å². The minimum absolute atomic E-state index is 0.126. The number of rotatable bonds is 4. The van der Waals surface area contributed by atoms with Gasteiger partial charge in [0, 0.05) is 11.6 Å². The van der Waals surface area contributed by atoms with Crippen LogP contribution in [0.15, 0.2) is 60.7 Å². The smallest absolute Gasteiger partial charge is 0.216 e. The second-order valence-corrected chi connectivity index (χ2v) is 4.96. The molecule has 1 aromatic heterocycles. The fraction of sp³-hybridized carbons (Fsp3) is 0.111. The SMILES string of the molecule is Cc1ccc(-c2cc(F)nc(COc3ccccc3)n2)cc1.